The quantitative estimate of drug-likeness (QED) is 0.805. The molecule has 0 aliphatic heterocycles. The number of nitrogens with two attached hydrogens (primary N) is 1. The van der Waals surface area contributed by atoms with Crippen molar-refractivity contribution in [1.82, 2.24) is 14.8 Å². The van der Waals surface area contributed by atoms with E-state index in [0.29, 0.717) is 11.5 Å². The van der Waals surface area contributed by atoms with E-state index in [9.17, 15) is 4.21 Å². The van der Waals surface area contributed by atoms with Gasteiger partial charge in [-0.15, -0.1) is 0 Å². The molecule has 0 bridgehead atoms. The Morgan fingerprint density at radius 1 is 1.56 bits per heavy atom. The van der Waals surface area contributed by atoms with Gasteiger partial charge < -0.3 is 5.73 Å². The second-order valence-electron chi connectivity index (χ2n) is 4.13. The topological polar surface area (TPSA) is 73.8 Å². The number of hydrogen-bond donors (Lipinski definition) is 1. The molecule has 0 saturated heterocycles. The Bertz CT molecular complexity index is 350. The minimum atomic E-state index is -0.955. The van der Waals surface area contributed by atoms with Gasteiger partial charge in [-0.3, -0.25) is 4.21 Å². The molecule has 16 heavy (non-hydrogen) atoms. The number of rotatable bonds is 6. The molecule has 0 saturated carbocycles. The fraction of sp³-hybridized carbons (Fsp3) is 0.800. The second-order valence-corrected chi connectivity index (χ2v) is 5.64. The average molecular weight is 244 g/mol. The van der Waals surface area contributed by atoms with E-state index in [4.69, 9.17) is 5.73 Å². The van der Waals surface area contributed by atoms with E-state index >= 15 is 0 Å². The molecule has 6 heteroatoms. The molecule has 0 aliphatic carbocycles. The Kier molecular flexibility index (Phi) is 5.08. The summed E-state index contributed by atoms with van der Waals surface area (Å²) < 4.78 is 13.6. The molecule has 0 aromatic carbocycles. The van der Waals surface area contributed by atoms with Crippen molar-refractivity contribution < 1.29 is 4.21 Å². The SMILES string of the molecule is CCC(N)CS(=O)Cc1ncnn1C(C)C. The van der Waals surface area contributed by atoms with Gasteiger partial charge in [0, 0.05) is 28.6 Å². The standard InChI is InChI=1S/C10H20N4OS/c1-4-9(11)5-16(15)6-10-12-7-13-14(10)8(2)3/h7-9H,4-6,11H2,1-3H3. The van der Waals surface area contributed by atoms with Gasteiger partial charge in [-0.05, 0) is 20.3 Å². The van der Waals surface area contributed by atoms with Gasteiger partial charge in [-0.1, -0.05) is 6.92 Å². The first-order valence-corrected chi connectivity index (χ1v) is 7.02. The van der Waals surface area contributed by atoms with Crippen LogP contribution < -0.4 is 5.73 Å². The summed E-state index contributed by atoms with van der Waals surface area (Å²) in [5, 5.41) is 4.11. The molecule has 1 heterocycles. The summed E-state index contributed by atoms with van der Waals surface area (Å²) in [6.07, 6.45) is 2.36. The zero-order valence-electron chi connectivity index (χ0n) is 10.1. The Morgan fingerprint density at radius 2 is 2.25 bits per heavy atom. The highest BCUT2D eigenvalue weighted by Gasteiger charge is 2.13. The van der Waals surface area contributed by atoms with Gasteiger partial charge in [-0.25, -0.2) is 9.67 Å². The van der Waals surface area contributed by atoms with Crippen LogP contribution in [0.2, 0.25) is 0 Å². The summed E-state index contributed by atoms with van der Waals surface area (Å²) in [7, 11) is -0.955. The van der Waals surface area contributed by atoms with Gasteiger partial charge in [0.05, 0.1) is 5.75 Å². The maximum Gasteiger partial charge on any atom is 0.139 e. The van der Waals surface area contributed by atoms with Crippen LogP contribution in [0, 0.1) is 0 Å². The summed E-state index contributed by atoms with van der Waals surface area (Å²) in [6, 6.07) is 0.255. The third kappa shape index (κ3) is 3.68. The summed E-state index contributed by atoms with van der Waals surface area (Å²) in [5.41, 5.74) is 5.76. The summed E-state index contributed by atoms with van der Waals surface area (Å²) in [5.74, 6) is 1.74. The third-order valence-corrected chi connectivity index (χ3v) is 3.73. The first-order chi connectivity index (χ1) is 7.54. The Hall–Kier alpha value is -0.750. The van der Waals surface area contributed by atoms with E-state index < -0.39 is 10.8 Å². The van der Waals surface area contributed by atoms with E-state index in [2.05, 4.69) is 10.1 Å². The monoisotopic (exact) mass is 244 g/mol. The van der Waals surface area contributed by atoms with E-state index in [1.807, 2.05) is 20.8 Å². The molecule has 1 aromatic heterocycles. The molecule has 5 nitrogen and oxygen atoms in total. The lowest BCUT2D eigenvalue weighted by molar-refractivity contribution is 0.513. The maximum atomic E-state index is 11.8. The molecule has 0 fully saturated rings. The number of nitrogens with zero attached hydrogens (tertiary/aromatic N) is 3. The Morgan fingerprint density at radius 3 is 2.81 bits per heavy atom. The minimum absolute atomic E-state index is 0.0104. The molecule has 1 rings (SSSR count). The highest BCUT2D eigenvalue weighted by molar-refractivity contribution is 7.84. The first-order valence-electron chi connectivity index (χ1n) is 5.53. The van der Waals surface area contributed by atoms with E-state index in [1.165, 1.54) is 6.33 Å². The third-order valence-electron chi connectivity index (χ3n) is 2.35. The van der Waals surface area contributed by atoms with Crippen molar-refractivity contribution in [3.63, 3.8) is 0 Å². The van der Waals surface area contributed by atoms with Crippen molar-refractivity contribution in [2.75, 3.05) is 5.75 Å². The smallest absolute Gasteiger partial charge is 0.139 e. The Labute approximate surface area is 98.9 Å². The predicted molar refractivity (Wildman–Crippen MR) is 65.4 cm³/mol. The molecule has 1 aromatic rings. The summed E-state index contributed by atoms with van der Waals surface area (Å²) in [6.45, 7) is 6.05. The molecule has 2 atom stereocenters. The van der Waals surface area contributed by atoms with Crippen LogP contribution in [0.25, 0.3) is 0 Å². The van der Waals surface area contributed by atoms with Crippen LogP contribution in [0.5, 0.6) is 0 Å². The van der Waals surface area contributed by atoms with Crippen molar-refractivity contribution in [3.05, 3.63) is 12.2 Å². The molecule has 92 valence electrons. The van der Waals surface area contributed by atoms with Crippen molar-refractivity contribution in [2.45, 2.75) is 45.0 Å². The fourth-order valence-electron chi connectivity index (χ4n) is 1.37. The van der Waals surface area contributed by atoms with Gasteiger partial charge >= 0.3 is 0 Å². The molecule has 0 spiro atoms. The van der Waals surface area contributed by atoms with Crippen LogP contribution in [0.4, 0.5) is 0 Å². The van der Waals surface area contributed by atoms with E-state index in [0.717, 1.165) is 12.2 Å². The fourth-order valence-corrected chi connectivity index (χ4v) is 2.69. The van der Waals surface area contributed by atoms with Crippen molar-refractivity contribution in [3.8, 4) is 0 Å². The largest absolute Gasteiger partial charge is 0.327 e. The van der Waals surface area contributed by atoms with Crippen LogP contribution >= 0.6 is 0 Å². The van der Waals surface area contributed by atoms with Crippen molar-refractivity contribution in [1.29, 1.82) is 0 Å². The van der Waals surface area contributed by atoms with Crippen molar-refractivity contribution in [2.24, 2.45) is 5.73 Å². The van der Waals surface area contributed by atoms with Crippen molar-refractivity contribution >= 4 is 10.8 Å². The molecular weight excluding hydrogens is 224 g/mol. The van der Waals surface area contributed by atoms with Crippen LogP contribution in [0.1, 0.15) is 39.1 Å². The molecule has 0 amide bonds. The highest BCUT2D eigenvalue weighted by Crippen LogP contribution is 2.08. The molecule has 0 aliphatic rings. The Balaban J connectivity index is 2.59. The first kappa shape index (κ1) is 13.3. The van der Waals surface area contributed by atoms with Crippen LogP contribution in [0.3, 0.4) is 0 Å². The van der Waals surface area contributed by atoms with Gasteiger partial charge in [0.15, 0.2) is 0 Å². The number of hydrogen-bond acceptors (Lipinski definition) is 4. The molecule has 0 radical (unpaired) electrons. The van der Waals surface area contributed by atoms with Gasteiger partial charge in [0.25, 0.3) is 0 Å². The lowest BCUT2D eigenvalue weighted by Gasteiger charge is -2.10. The van der Waals surface area contributed by atoms with Crippen LogP contribution in [-0.2, 0) is 16.6 Å². The number of aromatic nitrogens is 3. The lowest BCUT2D eigenvalue weighted by atomic mass is 10.3. The van der Waals surface area contributed by atoms with Gasteiger partial charge in [-0.2, -0.15) is 5.10 Å². The second kappa shape index (κ2) is 6.10. The zero-order valence-corrected chi connectivity index (χ0v) is 10.9. The van der Waals surface area contributed by atoms with Gasteiger partial charge in [0.1, 0.15) is 12.2 Å². The summed E-state index contributed by atoms with van der Waals surface area (Å²) >= 11 is 0. The predicted octanol–water partition coefficient (Wildman–Crippen LogP) is 0.845. The van der Waals surface area contributed by atoms with E-state index in [-0.39, 0.29) is 12.1 Å². The lowest BCUT2D eigenvalue weighted by Crippen LogP contribution is -2.27. The highest BCUT2D eigenvalue weighted by atomic mass is 32.2. The zero-order chi connectivity index (χ0) is 12.1. The van der Waals surface area contributed by atoms with Crippen LogP contribution in [0.15, 0.2) is 6.33 Å². The molecule has 2 unspecified atom stereocenters. The van der Waals surface area contributed by atoms with Gasteiger partial charge in [0.2, 0.25) is 0 Å². The minimum Gasteiger partial charge on any atom is -0.327 e. The average Bonchev–Trinajstić information content (AvgIpc) is 2.65. The molecular formula is C10H20N4OS. The molecule has 2 N–H and O–H groups in total. The maximum absolute atomic E-state index is 11.8. The van der Waals surface area contributed by atoms with E-state index in [1.54, 1.807) is 4.68 Å². The summed E-state index contributed by atoms with van der Waals surface area (Å²) in [4.78, 5) is 4.13. The van der Waals surface area contributed by atoms with Crippen LogP contribution in [-0.4, -0.2) is 30.8 Å². The normalized spacial score (nSPS) is 15.3.